The Morgan fingerprint density at radius 1 is 1.09 bits per heavy atom. The molecule has 2 aromatic heterocycles. The van der Waals surface area contributed by atoms with Gasteiger partial charge in [-0.25, -0.2) is 18.4 Å². The molecule has 34 heavy (non-hydrogen) atoms. The predicted octanol–water partition coefficient (Wildman–Crippen LogP) is 4.43. The highest BCUT2D eigenvalue weighted by molar-refractivity contribution is 7.90. The van der Waals surface area contributed by atoms with Crippen molar-refractivity contribution >= 4 is 61.4 Å². The van der Waals surface area contributed by atoms with Gasteiger partial charge in [0.2, 0.25) is 20.8 Å². The van der Waals surface area contributed by atoms with Crippen LogP contribution in [0, 0.1) is 0 Å². The number of anilines is 1. The monoisotopic (exact) mass is 519 g/mol. The Morgan fingerprint density at radius 2 is 1.82 bits per heavy atom. The molecule has 0 saturated carbocycles. The van der Waals surface area contributed by atoms with Crippen LogP contribution in [-0.4, -0.2) is 43.4 Å². The Kier molecular flexibility index (Phi) is 6.30. The van der Waals surface area contributed by atoms with Gasteiger partial charge < -0.3 is 14.5 Å². The molecule has 0 aliphatic rings. The highest BCUT2D eigenvalue weighted by Crippen LogP contribution is 2.34. The number of para-hydroxylation sites is 1. The number of carbonyl (C=O) groups is 2. The quantitative estimate of drug-likeness (QED) is 0.292. The minimum atomic E-state index is -3.80. The number of fused-ring (bicyclic) bond motifs is 1. The Labute approximate surface area is 203 Å². The maximum absolute atomic E-state index is 13.3. The number of amides is 1. The molecule has 0 bridgehead atoms. The second-order valence-electron chi connectivity index (χ2n) is 7.06. The molecule has 0 spiro atoms. The van der Waals surface area contributed by atoms with E-state index in [0.29, 0.717) is 16.7 Å². The van der Waals surface area contributed by atoms with E-state index >= 15 is 0 Å². The van der Waals surface area contributed by atoms with E-state index < -0.39 is 26.7 Å². The maximum atomic E-state index is 13.3. The number of benzene rings is 2. The third kappa shape index (κ3) is 4.47. The van der Waals surface area contributed by atoms with E-state index in [1.165, 1.54) is 25.3 Å². The lowest BCUT2D eigenvalue weighted by Crippen LogP contribution is -2.18. The average Bonchev–Trinajstić information content (AvgIpc) is 3.16. The van der Waals surface area contributed by atoms with Gasteiger partial charge in [0.05, 0.1) is 29.0 Å². The molecule has 4 rings (SSSR count). The normalized spacial score (nSPS) is 11.4. The van der Waals surface area contributed by atoms with E-state index in [1.54, 1.807) is 24.3 Å². The smallest absolute Gasteiger partial charge is 0.276 e. The van der Waals surface area contributed by atoms with Gasteiger partial charge in [-0.2, -0.15) is 0 Å². The second-order valence-corrected chi connectivity index (χ2v) is 9.78. The molecule has 4 aromatic rings. The third-order valence-corrected chi connectivity index (χ3v) is 6.15. The number of rotatable bonds is 6. The van der Waals surface area contributed by atoms with Crippen molar-refractivity contribution in [3.05, 3.63) is 75.7 Å². The van der Waals surface area contributed by atoms with Crippen LogP contribution in [0.25, 0.3) is 11.0 Å². The predicted molar refractivity (Wildman–Crippen MR) is 126 cm³/mol. The lowest BCUT2D eigenvalue weighted by atomic mass is 10.1. The summed E-state index contributed by atoms with van der Waals surface area (Å²) in [7, 11) is -2.35. The van der Waals surface area contributed by atoms with Gasteiger partial charge >= 0.3 is 0 Å². The van der Waals surface area contributed by atoms with Gasteiger partial charge in [0.1, 0.15) is 11.3 Å². The summed E-state index contributed by atoms with van der Waals surface area (Å²) >= 11 is 12.2. The minimum absolute atomic E-state index is 0.0631. The number of ether oxygens (including phenoxy) is 1. The lowest BCUT2D eigenvalue weighted by Gasteiger charge is -2.08. The fourth-order valence-corrected chi connectivity index (χ4v) is 4.07. The number of methoxy groups -OCH3 is 1. The summed E-state index contributed by atoms with van der Waals surface area (Å²) in [4.78, 5) is 33.7. The average molecular weight is 520 g/mol. The lowest BCUT2D eigenvalue weighted by molar-refractivity contribution is 0.101. The first-order valence-corrected chi connectivity index (χ1v) is 12.2. The van der Waals surface area contributed by atoms with Crippen molar-refractivity contribution in [3.8, 4) is 5.75 Å². The molecule has 1 N–H and O–H groups in total. The summed E-state index contributed by atoms with van der Waals surface area (Å²) in [6.07, 6.45) is 1.91. The SMILES string of the molecule is COc1ccc(C(=O)c2oc3ccccc3c2NC(=O)c2nc(S(C)(=O)=O)ncc2Cl)cc1Cl. The summed E-state index contributed by atoms with van der Waals surface area (Å²) in [5, 5.41) is 2.49. The summed E-state index contributed by atoms with van der Waals surface area (Å²) in [5.41, 5.74) is 0.215. The van der Waals surface area contributed by atoms with Crippen LogP contribution in [0.1, 0.15) is 26.6 Å². The molecular formula is C22H15Cl2N3O6S. The fraction of sp³-hybridized carbons (Fsp3) is 0.0909. The van der Waals surface area contributed by atoms with E-state index in [0.717, 1.165) is 12.5 Å². The molecule has 0 saturated heterocycles. The molecule has 0 unspecified atom stereocenters. The molecule has 174 valence electrons. The minimum Gasteiger partial charge on any atom is -0.495 e. The summed E-state index contributed by atoms with van der Waals surface area (Å²) in [6, 6.07) is 11.1. The molecule has 0 atom stereocenters. The van der Waals surface area contributed by atoms with Gasteiger partial charge in [-0.3, -0.25) is 9.59 Å². The van der Waals surface area contributed by atoms with E-state index in [-0.39, 0.29) is 32.8 Å². The van der Waals surface area contributed by atoms with E-state index in [1.807, 2.05) is 0 Å². The standard InChI is InChI=1S/C22H15Cl2N3O6S/c1-32-16-8-7-11(9-13(16)23)19(28)20-17(12-5-3-4-6-15(12)33-20)26-21(29)18-14(24)10-25-22(27-18)34(2,30)31/h3-10H,1-2H3,(H,26,29). The summed E-state index contributed by atoms with van der Waals surface area (Å²) in [6.45, 7) is 0. The molecular weight excluding hydrogens is 505 g/mol. The number of hydrogen-bond donors (Lipinski definition) is 1. The van der Waals surface area contributed by atoms with Crippen molar-refractivity contribution in [1.29, 1.82) is 0 Å². The largest absolute Gasteiger partial charge is 0.495 e. The summed E-state index contributed by atoms with van der Waals surface area (Å²) in [5.74, 6) is -1.19. The Balaban J connectivity index is 1.79. The van der Waals surface area contributed by atoms with E-state index in [2.05, 4.69) is 15.3 Å². The number of ketones is 1. The number of halogens is 2. The van der Waals surface area contributed by atoms with Gasteiger partial charge in [-0.1, -0.05) is 35.3 Å². The van der Waals surface area contributed by atoms with Gasteiger partial charge in [0.15, 0.2) is 11.5 Å². The van der Waals surface area contributed by atoms with Gasteiger partial charge in [-0.05, 0) is 30.3 Å². The van der Waals surface area contributed by atoms with Crippen molar-refractivity contribution in [3.63, 3.8) is 0 Å². The number of nitrogens with one attached hydrogen (secondary N) is 1. The Bertz CT molecular complexity index is 1570. The van der Waals surface area contributed by atoms with Crippen molar-refractivity contribution in [2.45, 2.75) is 5.16 Å². The highest BCUT2D eigenvalue weighted by atomic mass is 35.5. The maximum Gasteiger partial charge on any atom is 0.276 e. The van der Waals surface area contributed by atoms with Gasteiger partial charge in [0.25, 0.3) is 5.91 Å². The summed E-state index contributed by atoms with van der Waals surface area (Å²) < 4.78 is 34.5. The zero-order valence-corrected chi connectivity index (χ0v) is 20.0. The molecule has 0 radical (unpaired) electrons. The Morgan fingerprint density at radius 3 is 2.50 bits per heavy atom. The first-order chi connectivity index (χ1) is 16.1. The zero-order chi connectivity index (χ0) is 24.6. The van der Waals surface area contributed by atoms with Crippen LogP contribution in [0.15, 0.2) is 58.2 Å². The number of furan rings is 1. The second kappa shape index (κ2) is 9.05. The number of aromatic nitrogens is 2. The molecule has 2 heterocycles. The van der Waals surface area contributed by atoms with E-state index in [9.17, 15) is 18.0 Å². The molecule has 0 aliphatic heterocycles. The molecule has 9 nitrogen and oxygen atoms in total. The van der Waals surface area contributed by atoms with Gasteiger partial charge in [0, 0.05) is 17.2 Å². The third-order valence-electron chi connectivity index (χ3n) is 4.72. The number of nitrogens with zero attached hydrogens (tertiary/aromatic N) is 2. The van der Waals surface area contributed by atoms with Crippen LogP contribution in [0.2, 0.25) is 10.0 Å². The molecule has 12 heteroatoms. The van der Waals surface area contributed by atoms with Crippen LogP contribution < -0.4 is 10.1 Å². The van der Waals surface area contributed by atoms with Crippen molar-refractivity contribution in [2.75, 3.05) is 18.7 Å². The topological polar surface area (TPSA) is 128 Å². The Hall–Kier alpha value is -3.47. The van der Waals surface area contributed by atoms with E-state index in [4.69, 9.17) is 32.4 Å². The van der Waals surface area contributed by atoms with Crippen LogP contribution >= 0.6 is 23.2 Å². The molecule has 0 aliphatic carbocycles. The molecule has 1 amide bonds. The fourth-order valence-electron chi connectivity index (χ4n) is 3.13. The first kappa shape index (κ1) is 23.7. The van der Waals surface area contributed by atoms with Crippen LogP contribution in [-0.2, 0) is 9.84 Å². The zero-order valence-electron chi connectivity index (χ0n) is 17.6. The van der Waals surface area contributed by atoms with Crippen LogP contribution in [0.3, 0.4) is 0 Å². The number of hydrogen-bond acceptors (Lipinski definition) is 8. The van der Waals surface area contributed by atoms with Crippen molar-refractivity contribution in [2.24, 2.45) is 0 Å². The molecule has 2 aromatic carbocycles. The first-order valence-electron chi connectivity index (χ1n) is 9.54. The van der Waals surface area contributed by atoms with Crippen LogP contribution in [0.5, 0.6) is 5.75 Å². The van der Waals surface area contributed by atoms with Crippen LogP contribution in [0.4, 0.5) is 5.69 Å². The van der Waals surface area contributed by atoms with Crippen molar-refractivity contribution in [1.82, 2.24) is 9.97 Å². The van der Waals surface area contributed by atoms with Gasteiger partial charge in [-0.15, -0.1) is 0 Å². The highest BCUT2D eigenvalue weighted by Gasteiger charge is 2.26. The van der Waals surface area contributed by atoms with Crippen molar-refractivity contribution < 1.29 is 27.2 Å². The number of carbonyl (C=O) groups excluding carboxylic acids is 2. The molecule has 0 fully saturated rings. The number of sulfone groups is 1.